The van der Waals surface area contributed by atoms with Crippen LogP contribution in [-0.4, -0.2) is 20.7 Å². The minimum atomic E-state index is -0.116. The second kappa shape index (κ2) is 6.57. The molecule has 0 fully saturated rings. The number of hydrogen-bond acceptors (Lipinski definition) is 4. The maximum absolute atomic E-state index is 12.5. The zero-order chi connectivity index (χ0) is 17.3. The molecule has 24 heavy (non-hydrogen) atoms. The molecule has 2 aromatic heterocycles. The molecule has 2 heterocycles. The van der Waals surface area contributed by atoms with E-state index in [0.29, 0.717) is 4.88 Å². The third-order valence-corrected chi connectivity index (χ3v) is 5.01. The van der Waals surface area contributed by atoms with E-state index in [1.54, 1.807) is 0 Å². The Hall–Kier alpha value is -2.47. The number of hydrogen-bond donors (Lipinski definition) is 1. The Labute approximate surface area is 145 Å². The van der Waals surface area contributed by atoms with Crippen molar-refractivity contribution in [1.29, 1.82) is 0 Å². The zero-order valence-corrected chi connectivity index (χ0v) is 15.1. The monoisotopic (exact) mass is 340 g/mol. The van der Waals surface area contributed by atoms with Crippen LogP contribution in [0.3, 0.4) is 0 Å². The molecule has 0 aliphatic heterocycles. The highest BCUT2D eigenvalue weighted by atomic mass is 32.1. The van der Waals surface area contributed by atoms with E-state index < -0.39 is 0 Å². The highest BCUT2D eigenvalue weighted by Crippen LogP contribution is 2.22. The van der Waals surface area contributed by atoms with Gasteiger partial charge in [-0.3, -0.25) is 4.79 Å². The molecule has 3 aromatic rings. The average molecular weight is 340 g/mol. The Morgan fingerprint density at radius 1 is 1.25 bits per heavy atom. The summed E-state index contributed by atoms with van der Waals surface area (Å²) in [6.45, 7) is 7.89. The molecule has 0 saturated carbocycles. The minimum absolute atomic E-state index is 0.116. The lowest BCUT2D eigenvalue weighted by Crippen LogP contribution is -2.12. The molecule has 124 valence electrons. The van der Waals surface area contributed by atoms with Crippen LogP contribution < -0.4 is 5.32 Å². The molecule has 0 radical (unpaired) electrons. The van der Waals surface area contributed by atoms with E-state index in [9.17, 15) is 4.79 Å². The van der Waals surface area contributed by atoms with Crippen molar-refractivity contribution in [2.45, 2.75) is 34.1 Å². The Morgan fingerprint density at radius 3 is 2.67 bits per heavy atom. The van der Waals surface area contributed by atoms with Gasteiger partial charge in [-0.1, -0.05) is 13.0 Å². The van der Waals surface area contributed by atoms with Gasteiger partial charge < -0.3 is 5.32 Å². The van der Waals surface area contributed by atoms with Crippen molar-refractivity contribution in [1.82, 2.24) is 14.8 Å². The third-order valence-electron chi connectivity index (χ3n) is 3.71. The van der Waals surface area contributed by atoms with E-state index in [2.05, 4.69) is 15.4 Å². The number of aromatic nitrogens is 3. The number of nitrogens with zero attached hydrogens (tertiary/aromatic N) is 3. The molecule has 0 unspecified atom stereocenters. The number of aryl methyl sites for hydroxylation is 4. The van der Waals surface area contributed by atoms with Crippen molar-refractivity contribution in [3.63, 3.8) is 0 Å². The molecule has 1 amide bonds. The molecule has 0 atom stereocenters. The lowest BCUT2D eigenvalue weighted by atomic mass is 10.2. The summed E-state index contributed by atoms with van der Waals surface area (Å²) in [7, 11) is 0. The Kier molecular flexibility index (Phi) is 4.49. The molecular formula is C18H20N4OS. The number of rotatable bonds is 4. The Balaban J connectivity index is 1.85. The van der Waals surface area contributed by atoms with Gasteiger partial charge in [-0.15, -0.1) is 11.3 Å². The van der Waals surface area contributed by atoms with E-state index in [1.807, 2.05) is 62.7 Å². The zero-order valence-electron chi connectivity index (χ0n) is 14.3. The van der Waals surface area contributed by atoms with Crippen molar-refractivity contribution in [2.75, 3.05) is 5.32 Å². The number of benzene rings is 1. The topological polar surface area (TPSA) is 59.8 Å². The summed E-state index contributed by atoms with van der Waals surface area (Å²) in [6, 6.07) is 9.72. The number of nitrogens with one attached hydrogen (secondary N) is 1. The minimum Gasteiger partial charge on any atom is -0.321 e. The van der Waals surface area contributed by atoms with Crippen LogP contribution in [-0.2, 0) is 6.42 Å². The van der Waals surface area contributed by atoms with Crippen LogP contribution in [0.1, 0.15) is 38.7 Å². The SMILES string of the molecule is CCc1nc(C)c(C(=O)Nc2cccc(-n3nc(C)cc3C)c2)s1. The fourth-order valence-electron chi connectivity index (χ4n) is 2.61. The van der Waals surface area contributed by atoms with Crippen LogP contribution in [0.2, 0.25) is 0 Å². The van der Waals surface area contributed by atoms with Gasteiger partial charge in [0.15, 0.2) is 0 Å². The van der Waals surface area contributed by atoms with Crippen molar-refractivity contribution in [3.05, 3.63) is 57.3 Å². The van der Waals surface area contributed by atoms with Gasteiger partial charge in [0.05, 0.1) is 22.1 Å². The second-order valence-electron chi connectivity index (χ2n) is 5.72. The second-order valence-corrected chi connectivity index (χ2v) is 6.80. The van der Waals surface area contributed by atoms with Crippen LogP contribution in [0.5, 0.6) is 0 Å². The van der Waals surface area contributed by atoms with E-state index in [1.165, 1.54) is 11.3 Å². The van der Waals surface area contributed by atoms with Gasteiger partial charge in [-0.25, -0.2) is 9.67 Å². The first-order chi connectivity index (χ1) is 11.5. The highest BCUT2D eigenvalue weighted by molar-refractivity contribution is 7.13. The van der Waals surface area contributed by atoms with Gasteiger partial charge in [0.25, 0.3) is 5.91 Å². The number of anilines is 1. The van der Waals surface area contributed by atoms with E-state index >= 15 is 0 Å². The number of thiazole rings is 1. The van der Waals surface area contributed by atoms with E-state index in [-0.39, 0.29) is 5.91 Å². The van der Waals surface area contributed by atoms with Crippen molar-refractivity contribution in [3.8, 4) is 5.69 Å². The molecule has 3 rings (SSSR count). The summed E-state index contributed by atoms with van der Waals surface area (Å²) < 4.78 is 1.87. The van der Waals surface area contributed by atoms with Gasteiger partial charge in [0.2, 0.25) is 0 Å². The quantitative estimate of drug-likeness (QED) is 0.779. The van der Waals surface area contributed by atoms with E-state index in [0.717, 1.165) is 39.9 Å². The largest absolute Gasteiger partial charge is 0.321 e. The summed E-state index contributed by atoms with van der Waals surface area (Å²) in [5.41, 5.74) is 4.48. The van der Waals surface area contributed by atoms with Gasteiger partial charge in [-0.05, 0) is 51.5 Å². The fraction of sp³-hybridized carbons (Fsp3) is 0.278. The number of carbonyl (C=O) groups excluding carboxylic acids is 1. The van der Waals surface area contributed by atoms with Gasteiger partial charge in [-0.2, -0.15) is 5.10 Å². The standard InChI is InChI=1S/C18H20N4OS/c1-5-16-19-13(4)17(24-16)18(23)20-14-7-6-8-15(10-14)22-12(3)9-11(2)21-22/h6-10H,5H2,1-4H3,(H,20,23). The lowest BCUT2D eigenvalue weighted by Gasteiger charge is -2.08. The maximum Gasteiger partial charge on any atom is 0.267 e. The van der Waals surface area contributed by atoms with Crippen molar-refractivity contribution in [2.24, 2.45) is 0 Å². The molecule has 0 aliphatic carbocycles. The number of amides is 1. The molecule has 1 aromatic carbocycles. The highest BCUT2D eigenvalue weighted by Gasteiger charge is 2.15. The lowest BCUT2D eigenvalue weighted by molar-refractivity contribution is 0.103. The van der Waals surface area contributed by atoms with Gasteiger partial charge in [0, 0.05) is 11.4 Å². The summed E-state index contributed by atoms with van der Waals surface area (Å²) in [4.78, 5) is 17.6. The Morgan fingerprint density at radius 2 is 2.04 bits per heavy atom. The average Bonchev–Trinajstić information content (AvgIpc) is 3.09. The summed E-state index contributed by atoms with van der Waals surface area (Å²) in [5, 5.41) is 8.43. The van der Waals surface area contributed by atoms with E-state index in [4.69, 9.17) is 0 Å². The first kappa shape index (κ1) is 16.4. The smallest absolute Gasteiger partial charge is 0.267 e. The summed E-state index contributed by atoms with van der Waals surface area (Å²) in [6.07, 6.45) is 0.839. The molecule has 0 spiro atoms. The van der Waals surface area contributed by atoms with Gasteiger partial charge in [0.1, 0.15) is 4.88 Å². The maximum atomic E-state index is 12.5. The predicted molar refractivity (Wildman–Crippen MR) is 97.2 cm³/mol. The Bertz CT molecular complexity index is 894. The predicted octanol–water partition coefficient (Wildman–Crippen LogP) is 4.07. The van der Waals surface area contributed by atoms with Crippen LogP contribution in [0, 0.1) is 20.8 Å². The molecule has 0 aliphatic rings. The van der Waals surface area contributed by atoms with Gasteiger partial charge >= 0.3 is 0 Å². The molecule has 5 nitrogen and oxygen atoms in total. The summed E-state index contributed by atoms with van der Waals surface area (Å²) in [5.74, 6) is -0.116. The fourth-order valence-corrected chi connectivity index (χ4v) is 3.51. The van der Waals surface area contributed by atoms with Crippen LogP contribution in [0.15, 0.2) is 30.3 Å². The molecule has 0 bridgehead atoms. The van der Waals surface area contributed by atoms with Crippen molar-refractivity contribution >= 4 is 22.9 Å². The molecular weight excluding hydrogens is 320 g/mol. The van der Waals surface area contributed by atoms with Crippen LogP contribution in [0.4, 0.5) is 5.69 Å². The van der Waals surface area contributed by atoms with Crippen LogP contribution >= 0.6 is 11.3 Å². The summed E-state index contributed by atoms with van der Waals surface area (Å²) >= 11 is 1.45. The molecule has 6 heteroatoms. The van der Waals surface area contributed by atoms with Crippen LogP contribution in [0.25, 0.3) is 5.69 Å². The van der Waals surface area contributed by atoms with Crippen molar-refractivity contribution < 1.29 is 4.79 Å². The normalized spacial score (nSPS) is 10.8. The molecule has 0 saturated heterocycles. The molecule has 1 N–H and O–H groups in total. The third kappa shape index (κ3) is 3.23. The first-order valence-electron chi connectivity index (χ1n) is 7.89. The first-order valence-corrected chi connectivity index (χ1v) is 8.71. The number of carbonyl (C=O) groups is 1.